The lowest BCUT2D eigenvalue weighted by molar-refractivity contribution is 0.102. The molecule has 1 fully saturated rings. The molecule has 1 aliphatic rings. The van der Waals surface area contributed by atoms with E-state index in [9.17, 15) is 9.59 Å². The van der Waals surface area contributed by atoms with Crippen LogP contribution in [0, 0.1) is 13.8 Å². The Labute approximate surface area is 196 Å². The van der Waals surface area contributed by atoms with Gasteiger partial charge in [0, 0.05) is 36.3 Å². The Kier molecular flexibility index (Phi) is 6.83. The van der Waals surface area contributed by atoms with Crippen LogP contribution in [0.15, 0.2) is 42.4 Å². The Morgan fingerprint density at radius 3 is 2.82 bits per heavy atom. The lowest BCUT2D eigenvalue weighted by Gasteiger charge is -2.30. The Morgan fingerprint density at radius 2 is 2.12 bits per heavy atom. The first-order valence-corrected chi connectivity index (χ1v) is 11.6. The zero-order chi connectivity index (χ0) is 23.4. The first-order valence-electron chi connectivity index (χ1n) is 10.7. The molecule has 1 N–H and O–H groups in total. The predicted molar refractivity (Wildman–Crippen MR) is 126 cm³/mol. The van der Waals surface area contributed by atoms with Gasteiger partial charge in [0.1, 0.15) is 12.3 Å². The second-order valence-corrected chi connectivity index (χ2v) is 8.76. The highest BCUT2D eigenvalue weighted by atomic mass is 32.1. The average molecular weight is 467 g/mol. The first-order chi connectivity index (χ1) is 16.0. The van der Waals surface area contributed by atoms with Crippen molar-refractivity contribution in [3.05, 3.63) is 64.5 Å². The van der Waals surface area contributed by atoms with Gasteiger partial charge in [-0.05, 0) is 44.9 Å². The van der Waals surface area contributed by atoms with Crippen LogP contribution in [-0.2, 0) is 4.74 Å². The van der Waals surface area contributed by atoms with Gasteiger partial charge >= 0.3 is 6.09 Å². The molecule has 0 atom stereocenters. The number of amides is 2. The molecular weight excluding hydrogens is 440 g/mol. The first kappa shape index (κ1) is 22.7. The van der Waals surface area contributed by atoms with E-state index in [1.807, 2.05) is 19.9 Å². The highest BCUT2D eigenvalue weighted by Crippen LogP contribution is 2.31. The Hall–Kier alpha value is -3.53. The van der Waals surface area contributed by atoms with Crippen LogP contribution in [-0.4, -0.2) is 56.3 Å². The third-order valence-electron chi connectivity index (χ3n) is 5.43. The standard InChI is InChI=1S/C23H26N6O3S/c1-4-12-32-23(31)28-10-7-17(8-11-28)22-26-19(14-33-22)21(30)25-18-6-5-9-24-20(18)29-16(3)13-15(2)27-29/h4-6,9,13-14,17H,1,7-8,10-12H2,2-3H3,(H,25,30). The molecule has 4 rings (SSSR count). The summed E-state index contributed by atoms with van der Waals surface area (Å²) in [5, 5.41) is 10.1. The van der Waals surface area contributed by atoms with Crippen molar-refractivity contribution in [2.24, 2.45) is 0 Å². The minimum Gasteiger partial charge on any atom is -0.445 e. The van der Waals surface area contributed by atoms with Crippen LogP contribution in [0.25, 0.3) is 5.82 Å². The molecule has 0 bridgehead atoms. The molecule has 1 saturated heterocycles. The number of pyridine rings is 1. The molecule has 3 aromatic rings. The van der Waals surface area contributed by atoms with E-state index in [0.717, 1.165) is 29.2 Å². The van der Waals surface area contributed by atoms with Crippen LogP contribution in [0.4, 0.5) is 10.5 Å². The van der Waals surface area contributed by atoms with E-state index < -0.39 is 0 Å². The number of likely N-dealkylation sites (tertiary alicyclic amines) is 1. The summed E-state index contributed by atoms with van der Waals surface area (Å²) in [6.45, 7) is 8.82. The zero-order valence-electron chi connectivity index (χ0n) is 18.7. The fourth-order valence-corrected chi connectivity index (χ4v) is 4.77. The molecule has 0 unspecified atom stereocenters. The summed E-state index contributed by atoms with van der Waals surface area (Å²) in [4.78, 5) is 35.6. The van der Waals surface area contributed by atoms with Gasteiger partial charge in [0.15, 0.2) is 5.82 Å². The fraction of sp³-hybridized carbons (Fsp3) is 0.348. The minimum atomic E-state index is -0.317. The molecule has 1 aliphatic heterocycles. The van der Waals surface area contributed by atoms with Gasteiger partial charge in [-0.15, -0.1) is 11.3 Å². The lowest BCUT2D eigenvalue weighted by Crippen LogP contribution is -2.38. The second-order valence-electron chi connectivity index (χ2n) is 7.87. The van der Waals surface area contributed by atoms with Crippen molar-refractivity contribution in [1.82, 2.24) is 24.6 Å². The quantitative estimate of drug-likeness (QED) is 0.549. The van der Waals surface area contributed by atoms with Gasteiger partial charge in [0.25, 0.3) is 5.91 Å². The van der Waals surface area contributed by atoms with Crippen LogP contribution in [0.2, 0.25) is 0 Å². The number of ether oxygens (including phenoxy) is 1. The van der Waals surface area contributed by atoms with Crippen LogP contribution >= 0.6 is 11.3 Å². The van der Waals surface area contributed by atoms with Crippen molar-refractivity contribution in [1.29, 1.82) is 0 Å². The van der Waals surface area contributed by atoms with Crippen LogP contribution in [0.1, 0.15) is 45.6 Å². The van der Waals surface area contributed by atoms with E-state index in [0.29, 0.717) is 30.3 Å². The number of rotatable bonds is 6. The number of carbonyl (C=O) groups is 2. The van der Waals surface area contributed by atoms with Gasteiger partial charge in [0.2, 0.25) is 0 Å². The molecule has 33 heavy (non-hydrogen) atoms. The molecule has 172 valence electrons. The van der Waals surface area contributed by atoms with E-state index in [-0.39, 0.29) is 24.5 Å². The van der Waals surface area contributed by atoms with Crippen LogP contribution < -0.4 is 5.32 Å². The number of anilines is 1. The van der Waals surface area contributed by atoms with E-state index in [1.54, 1.807) is 39.4 Å². The van der Waals surface area contributed by atoms with Crippen molar-refractivity contribution in [3.8, 4) is 5.82 Å². The number of aromatic nitrogens is 4. The largest absolute Gasteiger partial charge is 0.445 e. The molecule has 0 aromatic carbocycles. The molecule has 0 saturated carbocycles. The number of nitrogens with zero attached hydrogens (tertiary/aromatic N) is 5. The summed E-state index contributed by atoms with van der Waals surface area (Å²) in [6, 6.07) is 5.52. The van der Waals surface area contributed by atoms with Gasteiger partial charge in [-0.1, -0.05) is 12.7 Å². The van der Waals surface area contributed by atoms with Gasteiger partial charge in [-0.25, -0.2) is 19.4 Å². The highest BCUT2D eigenvalue weighted by Gasteiger charge is 2.27. The number of nitrogens with one attached hydrogen (secondary N) is 1. The average Bonchev–Trinajstić information content (AvgIpc) is 3.44. The SMILES string of the molecule is C=CCOC(=O)N1CCC(c2nc(C(=O)Nc3cccnc3-n3nc(C)cc3C)cs2)CC1. The summed E-state index contributed by atoms with van der Waals surface area (Å²) in [5.41, 5.74) is 2.73. The van der Waals surface area contributed by atoms with Crippen molar-refractivity contribution in [2.75, 3.05) is 25.0 Å². The third-order valence-corrected chi connectivity index (χ3v) is 6.43. The fourth-order valence-electron chi connectivity index (χ4n) is 3.80. The van der Waals surface area contributed by atoms with Gasteiger partial charge < -0.3 is 15.0 Å². The highest BCUT2D eigenvalue weighted by molar-refractivity contribution is 7.10. The van der Waals surface area contributed by atoms with E-state index in [2.05, 4.69) is 27.0 Å². The summed E-state index contributed by atoms with van der Waals surface area (Å²) in [5.74, 6) is 0.477. The maximum atomic E-state index is 12.9. The zero-order valence-corrected chi connectivity index (χ0v) is 19.5. The number of aryl methyl sites for hydroxylation is 2. The monoisotopic (exact) mass is 466 g/mol. The molecule has 0 radical (unpaired) electrons. The van der Waals surface area contributed by atoms with Crippen LogP contribution in [0.5, 0.6) is 0 Å². The maximum absolute atomic E-state index is 12.9. The van der Waals surface area contributed by atoms with Crippen molar-refractivity contribution >= 4 is 29.0 Å². The number of carbonyl (C=O) groups excluding carboxylic acids is 2. The van der Waals surface area contributed by atoms with Crippen molar-refractivity contribution in [3.63, 3.8) is 0 Å². The number of hydrogen-bond donors (Lipinski definition) is 1. The molecule has 3 aromatic heterocycles. The van der Waals surface area contributed by atoms with Gasteiger partial charge in [-0.2, -0.15) is 5.10 Å². The Morgan fingerprint density at radius 1 is 1.33 bits per heavy atom. The number of hydrogen-bond acceptors (Lipinski definition) is 7. The van der Waals surface area contributed by atoms with Crippen LogP contribution in [0.3, 0.4) is 0 Å². The topological polar surface area (TPSA) is 102 Å². The lowest BCUT2D eigenvalue weighted by atomic mass is 9.98. The second kappa shape index (κ2) is 9.95. The van der Waals surface area contributed by atoms with E-state index in [4.69, 9.17) is 4.74 Å². The van der Waals surface area contributed by atoms with Gasteiger partial charge in [0.05, 0.1) is 16.4 Å². The predicted octanol–water partition coefficient (Wildman–Crippen LogP) is 4.09. The van der Waals surface area contributed by atoms with E-state index in [1.165, 1.54) is 11.3 Å². The summed E-state index contributed by atoms with van der Waals surface area (Å²) in [7, 11) is 0. The molecule has 0 aliphatic carbocycles. The molecule has 9 nitrogen and oxygen atoms in total. The Balaban J connectivity index is 1.41. The number of thiazole rings is 1. The minimum absolute atomic E-state index is 0.210. The van der Waals surface area contributed by atoms with E-state index >= 15 is 0 Å². The smallest absolute Gasteiger partial charge is 0.410 e. The molecule has 4 heterocycles. The maximum Gasteiger partial charge on any atom is 0.410 e. The van der Waals surface area contributed by atoms with Gasteiger partial charge in [-0.3, -0.25) is 4.79 Å². The summed E-state index contributed by atoms with van der Waals surface area (Å²) < 4.78 is 6.82. The molecule has 0 spiro atoms. The Bertz CT molecular complexity index is 1160. The number of piperidine rings is 1. The van der Waals surface area contributed by atoms with Crippen molar-refractivity contribution < 1.29 is 14.3 Å². The molecule has 10 heteroatoms. The van der Waals surface area contributed by atoms with Crippen molar-refractivity contribution in [2.45, 2.75) is 32.6 Å². The molecular formula is C23H26N6O3S. The summed E-state index contributed by atoms with van der Waals surface area (Å²) >= 11 is 1.47. The molecule has 2 amide bonds. The summed E-state index contributed by atoms with van der Waals surface area (Å²) in [6.07, 6.45) is 4.47. The third kappa shape index (κ3) is 5.11. The normalized spacial score (nSPS) is 14.2.